The molecule has 0 fully saturated rings. The van der Waals surface area contributed by atoms with E-state index in [1.54, 1.807) is 17.8 Å². The summed E-state index contributed by atoms with van der Waals surface area (Å²) in [7, 11) is 0. The minimum Gasteiger partial charge on any atom is -0.352 e. The van der Waals surface area contributed by atoms with Crippen molar-refractivity contribution >= 4 is 17.7 Å². The third-order valence-electron chi connectivity index (χ3n) is 2.07. The van der Waals surface area contributed by atoms with Crippen molar-refractivity contribution in [2.24, 2.45) is 0 Å². The van der Waals surface area contributed by atoms with Crippen LogP contribution in [0.15, 0.2) is 36.9 Å². The molecule has 2 nitrogen and oxygen atoms in total. The number of carbonyl (C=O) groups excluding carboxylic acids is 1. The summed E-state index contributed by atoms with van der Waals surface area (Å²) in [6.07, 6.45) is 1.68. The van der Waals surface area contributed by atoms with Crippen molar-refractivity contribution in [3.8, 4) is 0 Å². The zero-order chi connectivity index (χ0) is 11.8. The Morgan fingerprint density at radius 2 is 2.12 bits per heavy atom. The van der Waals surface area contributed by atoms with Gasteiger partial charge in [-0.05, 0) is 12.5 Å². The van der Waals surface area contributed by atoms with Gasteiger partial charge in [-0.1, -0.05) is 35.9 Å². The Morgan fingerprint density at radius 3 is 2.75 bits per heavy atom. The van der Waals surface area contributed by atoms with Crippen molar-refractivity contribution in [3.05, 3.63) is 48.0 Å². The summed E-state index contributed by atoms with van der Waals surface area (Å²) in [4.78, 5) is 11.3. The van der Waals surface area contributed by atoms with Gasteiger partial charge in [0.2, 0.25) is 5.91 Å². The summed E-state index contributed by atoms with van der Waals surface area (Å²) in [5.41, 5.74) is 2.52. The van der Waals surface area contributed by atoms with Gasteiger partial charge in [-0.3, -0.25) is 4.79 Å². The Hall–Kier alpha value is -1.22. The van der Waals surface area contributed by atoms with Gasteiger partial charge in [0.15, 0.2) is 0 Å². The minimum absolute atomic E-state index is 0.0667. The van der Waals surface area contributed by atoms with E-state index in [1.165, 1.54) is 11.1 Å². The maximum absolute atomic E-state index is 11.3. The van der Waals surface area contributed by atoms with E-state index in [2.05, 4.69) is 43.1 Å². The Labute approximate surface area is 101 Å². The molecule has 0 spiro atoms. The van der Waals surface area contributed by atoms with Crippen LogP contribution in [0.5, 0.6) is 0 Å². The smallest absolute Gasteiger partial charge is 0.230 e. The van der Waals surface area contributed by atoms with Crippen molar-refractivity contribution < 1.29 is 4.79 Å². The fraction of sp³-hybridized carbons (Fsp3) is 0.308. The van der Waals surface area contributed by atoms with E-state index in [4.69, 9.17) is 0 Å². The number of rotatable bonds is 6. The van der Waals surface area contributed by atoms with Crippen LogP contribution in [0.25, 0.3) is 0 Å². The molecule has 1 aromatic carbocycles. The predicted molar refractivity (Wildman–Crippen MR) is 70.5 cm³/mol. The predicted octanol–water partition coefficient (Wildman–Crippen LogP) is 2.53. The quantitative estimate of drug-likeness (QED) is 0.768. The summed E-state index contributed by atoms with van der Waals surface area (Å²) < 4.78 is 0. The Morgan fingerprint density at radius 1 is 1.44 bits per heavy atom. The van der Waals surface area contributed by atoms with Gasteiger partial charge in [-0.2, -0.15) is 0 Å². The first kappa shape index (κ1) is 12.8. The Kier molecular flexibility index (Phi) is 5.72. The molecule has 0 unspecified atom stereocenters. The molecule has 16 heavy (non-hydrogen) atoms. The fourth-order valence-electron chi connectivity index (χ4n) is 1.18. The number of benzene rings is 1. The van der Waals surface area contributed by atoms with E-state index in [9.17, 15) is 4.79 Å². The molecular weight excluding hydrogens is 218 g/mol. The number of hydrogen-bond acceptors (Lipinski definition) is 2. The molecular formula is C13H17NOS. The molecule has 1 rings (SSSR count). The molecule has 1 aromatic rings. The van der Waals surface area contributed by atoms with E-state index >= 15 is 0 Å². The number of thioether (sulfide) groups is 1. The van der Waals surface area contributed by atoms with Crippen LogP contribution in [0.3, 0.4) is 0 Å². The lowest BCUT2D eigenvalue weighted by Gasteiger charge is -2.03. The van der Waals surface area contributed by atoms with Crippen LogP contribution < -0.4 is 5.32 Å². The average Bonchev–Trinajstić information content (AvgIpc) is 2.29. The topological polar surface area (TPSA) is 29.1 Å². The molecule has 0 aliphatic heterocycles. The van der Waals surface area contributed by atoms with E-state index in [1.807, 2.05) is 0 Å². The standard InChI is InChI=1S/C13H17NOS/c1-3-8-14-13(15)10-16-9-12-6-4-11(2)5-7-12/h3-7H,1,8-10H2,2H3,(H,14,15). The van der Waals surface area contributed by atoms with Gasteiger partial charge >= 0.3 is 0 Å². The lowest BCUT2D eigenvalue weighted by molar-refractivity contribution is -0.118. The molecule has 0 saturated heterocycles. The van der Waals surface area contributed by atoms with Crippen LogP contribution in [0, 0.1) is 6.92 Å². The van der Waals surface area contributed by atoms with E-state index in [0.717, 1.165) is 5.75 Å². The summed E-state index contributed by atoms with van der Waals surface area (Å²) in [5, 5.41) is 2.75. The van der Waals surface area contributed by atoms with Crippen molar-refractivity contribution in [2.45, 2.75) is 12.7 Å². The van der Waals surface area contributed by atoms with Crippen LogP contribution in [0.4, 0.5) is 0 Å². The first-order chi connectivity index (χ1) is 7.72. The van der Waals surface area contributed by atoms with Crippen LogP contribution in [0.2, 0.25) is 0 Å². The monoisotopic (exact) mass is 235 g/mol. The molecule has 0 aliphatic carbocycles. The lowest BCUT2D eigenvalue weighted by Crippen LogP contribution is -2.24. The third kappa shape index (κ3) is 5.03. The zero-order valence-electron chi connectivity index (χ0n) is 9.53. The molecule has 0 atom stereocenters. The molecule has 1 N–H and O–H groups in total. The number of carbonyl (C=O) groups is 1. The summed E-state index contributed by atoms with van der Waals surface area (Å²) >= 11 is 1.62. The Bertz CT molecular complexity index is 345. The van der Waals surface area contributed by atoms with E-state index in [0.29, 0.717) is 12.3 Å². The van der Waals surface area contributed by atoms with Crippen LogP contribution >= 0.6 is 11.8 Å². The number of nitrogens with one attached hydrogen (secondary N) is 1. The fourth-order valence-corrected chi connectivity index (χ4v) is 2.00. The summed E-state index contributed by atoms with van der Waals surface area (Å²) in [6.45, 7) is 6.16. The van der Waals surface area contributed by atoms with Crippen molar-refractivity contribution in [1.82, 2.24) is 5.32 Å². The van der Waals surface area contributed by atoms with Crippen LogP contribution in [-0.2, 0) is 10.5 Å². The lowest BCUT2D eigenvalue weighted by atomic mass is 10.2. The second kappa shape index (κ2) is 7.12. The highest BCUT2D eigenvalue weighted by Gasteiger charge is 2.00. The normalized spacial score (nSPS) is 9.81. The summed E-state index contributed by atoms with van der Waals surface area (Å²) in [6, 6.07) is 8.38. The SMILES string of the molecule is C=CCNC(=O)CSCc1ccc(C)cc1. The largest absolute Gasteiger partial charge is 0.352 e. The molecule has 0 aromatic heterocycles. The molecule has 1 amide bonds. The minimum atomic E-state index is 0.0667. The highest BCUT2D eigenvalue weighted by Crippen LogP contribution is 2.12. The van der Waals surface area contributed by atoms with Crippen molar-refractivity contribution in [2.75, 3.05) is 12.3 Å². The highest BCUT2D eigenvalue weighted by molar-refractivity contribution is 7.99. The highest BCUT2D eigenvalue weighted by atomic mass is 32.2. The Balaban J connectivity index is 2.22. The maximum Gasteiger partial charge on any atom is 0.230 e. The molecule has 0 aliphatic rings. The maximum atomic E-state index is 11.3. The molecule has 0 saturated carbocycles. The molecule has 0 radical (unpaired) electrons. The van der Waals surface area contributed by atoms with Gasteiger partial charge < -0.3 is 5.32 Å². The van der Waals surface area contributed by atoms with Crippen molar-refractivity contribution in [1.29, 1.82) is 0 Å². The van der Waals surface area contributed by atoms with Crippen molar-refractivity contribution in [3.63, 3.8) is 0 Å². The van der Waals surface area contributed by atoms with Gasteiger partial charge in [0.1, 0.15) is 0 Å². The number of hydrogen-bond donors (Lipinski definition) is 1. The summed E-state index contributed by atoms with van der Waals surface area (Å²) in [5.74, 6) is 1.45. The van der Waals surface area contributed by atoms with Crippen LogP contribution in [0.1, 0.15) is 11.1 Å². The number of aryl methyl sites for hydroxylation is 1. The zero-order valence-corrected chi connectivity index (χ0v) is 10.3. The molecule has 86 valence electrons. The van der Waals surface area contributed by atoms with Gasteiger partial charge in [0.25, 0.3) is 0 Å². The van der Waals surface area contributed by atoms with Gasteiger partial charge in [0.05, 0.1) is 5.75 Å². The third-order valence-corrected chi connectivity index (χ3v) is 3.07. The molecule has 3 heteroatoms. The van der Waals surface area contributed by atoms with E-state index in [-0.39, 0.29) is 5.91 Å². The second-order valence-corrected chi connectivity index (χ2v) is 4.56. The molecule has 0 bridgehead atoms. The van der Waals surface area contributed by atoms with E-state index < -0.39 is 0 Å². The first-order valence-electron chi connectivity index (χ1n) is 5.23. The van der Waals surface area contributed by atoms with Gasteiger partial charge in [-0.15, -0.1) is 18.3 Å². The van der Waals surface area contributed by atoms with Gasteiger partial charge in [-0.25, -0.2) is 0 Å². The second-order valence-electron chi connectivity index (χ2n) is 3.57. The van der Waals surface area contributed by atoms with Gasteiger partial charge in [0, 0.05) is 12.3 Å². The van der Waals surface area contributed by atoms with Crippen LogP contribution in [-0.4, -0.2) is 18.2 Å². The number of amides is 1. The first-order valence-corrected chi connectivity index (χ1v) is 6.38. The average molecular weight is 235 g/mol. The molecule has 0 heterocycles.